The first-order valence-corrected chi connectivity index (χ1v) is 14.2. The van der Waals surface area contributed by atoms with E-state index in [1.165, 1.54) is 24.0 Å². The van der Waals surface area contributed by atoms with E-state index in [1.54, 1.807) is 19.1 Å². The summed E-state index contributed by atoms with van der Waals surface area (Å²) in [7, 11) is -1.80. The fraction of sp³-hybridized carbons (Fsp3) is 0.692. The average molecular weight is 435 g/mol. The molecule has 0 amide bonds. The Morgan fingerprint density at radius 1 is 1.20 bits per heavy atom. The summed E-state index contributed by atoms with van der Waals surface area (Å²) in [6.45, 7) is 22.0. The lowest BCUT2D eigenvalue weighted by atomic mass is 9.72. The van der Waals surface area contributed by atoms with Crippen LogP contribution in [0.4, 0.5) is 0 Å². The molecule has 4 heteroatoms. The normalized spacial score (nSPS) is 22.1. The van der Waals surface area contributed by atoms with E-state index < -0.39 is 20.0 Å². The summed E-state index contributed by atoms with van der Waals surface area (Å²) in [6.07, 6.45) is 12.0. The highest BCUT2D eigenvalue weighted by Gasteiger charge is 2.36. The van der Waals surface area contributed by atoms with Gasteiger partial charge in [0.15, 0.2) is 8.32 Å². The molecule has 0 aromatic heterocycles. The van der Waals surface area contributed by atoms with Gasteiger partial charge in [-0.1, -0.05) is 64.5 Å². The van der Waals surface area contributed by atoms with E-state index >= 15 is 0 Å². The van der Waals surface area contributed by atoms with Gasteiger partial charge in [0.05, 0.1) is 18.3 Å². The molecule has 2 atom stereocenters. The minimum absolute atomic E-state index is 0.140. The molecule has 3 nitrogen and oxygen atoms in total. The number of hydrogen-bond donors (Lipinski definition) is 2. The van der Waals surface area contributed by atoms with Gasteiger partial charge in [-0.15, -0.1) is 0 Å². The molecular formula is C26H46O3Si. The van der Waals surface area contributed by atoms with Gasteiger partial charge in [-0.3, -0.25) is 0 Å². The molecule has 0 radical (unpaired) electrons. The lowest BCUT2D eigenvalue weighted by Crippen LogP contribution is -2.40. The Hall–Kier alpha value is -0.943. The quantitative estimate of drug-likeness (QED) is 0.330. The van der Waals surface area contributed by atoms with Gasteiger partial charge >= 0.3 is 0 Å². The number of rotatable bonds is 8. The van der Waals surface area contributed by atoms with Crippen molar-refractivity contribution in [3.05, 3.63) is 47.1 Å². The van der Waals surface area contributed by atoms with Gasteiger partial charge in [-0.2, -0.15) is 0 Å². The molecule has 172 valence electrons. The van der Waals surface area contributed by atoms with Gasteiger partial charge in [0.25, 0.3) is 0 Å². The largest absolute Gasteiger partial charge is 0.413 e. The van der Waals surface area contributed by atoms with E-state index in [-0.39, 0.29) is 10.5 Å². The molecule has 0 saturated heterocycles. The Bertz CT molecular complexity index is 700. The number of aliphatic hydroxyl groups is 2. The van der Waals surface area contributed by atoms with Crippen molar-refractivity contribution in [2.24, 2.45) is 5.41 Å². The third kappa shape index (κ3) is 7.95. The SMILES string of the molecule is CC1=C(/C=C/C(C)(O)/C=C/C(O)/C(C)=C/CO[Si](C)(C)C(C)(C)C)C(C)(C)CCC1. The number of allylic oxidation sites excluding steroid dienone is 3. The van der Waals surface area contributed by atoms with Gasteiger partial charge in [0.2, 0.25) is 0 Å². The van der Waals surface area contributed by atoms with Crippen LogP contribution in [0.2, 0.25) is 18.1 Å². The summed E-state index contributed by atoms with van der Waals surface area (Å²) in [4.78, 5) is 0. The molecule has 0 aromatic carbocycles. The summed E-state index contributed by atoms with van der Waals surface area (Å²) >= 11 is 0. The lowest BCUT2D eigenvalue weighted by Gasteiger charge is -2.35. The molecule has 0 aliphatic heterocycles. The molecule has 0 spiro atoms. The second-order valence-corrected chi connectivity index (χ2v) is 16.1. The van der Waals surface area contributed by atoms with E-state index in [4.69, 9.17) is 4.43 Å². The zero-order valence-electron chi connectivity index (χ0n) is 21.1. The van der Waals surface area contributed by atoms with Gasteiger partial charge < -0.3 is 14.6 Å². The van der Waals surface area contributed by atoms with Crippen LogP contribution in [-0.2, 0) is 4.43 Å². The van der Waals surface area contributed by atoms with Gasteiger partial charge in [0.1, 0.15) is 0 Å². The summed E-state index contributed by atoms with van der Waals surface area (Å²) in [5.74, 6) is 0. The van der Waals surface area contributed by atoms with E-state index in [0.717, 1.165) is 12.0 Å². The molecule has 1 aliphatic rings. The molecule has 2 unspecified atom stereocenters. The molecule has 1 rings (SSSR count). The molecular weight excluding hydrogens is 388 g/mol. The fourth-order valence-electron chi connectivity index (χ4n) is 3.47. The molecule has 0 fully saturated rings. The van der Waals surface area contributed by atoms with Crippen molar-refractivity contribution in [3.63, 3.8) is 0 Å². The van der Waals surface area contributed by atoms with Gasteiger partial charge in [0, 0.05) is 0 Å². The number of aliphatic hydroxyl groups excluding tert-OH is 1. The molecule has 1 aliphatic carbocycles. The zero-order chi connectivity index (χ0) is 23.4. The summed E-state index contributed by atoms with van der Waals surface area (Å²) in [5.41, 5.74) is 2.59. The van der Waals surface area contributed by atoms with E-state index in [0.29, 0.717) is 6.61 Å². The van der Waals surface area contributed by atoms with Gasteiger partial charge in [-0.05, 0) is 80.8 Å². The lowest BCUT2D eigenvalue weighted by molar-refractivity contribution is 0.161. The first kappa shape index (κ1) is 27.1. The average Bonchev–Trinajstić information content (AvgIpc) is 2.57. The van der Waals surface area contributed by atoms with Crippen LogP contribution in [0.1, 0.15) is 74.7 Å². The van der Waals surface area contributed by atoms with Crippen LogP contribution in [0, 0.1) is 5.41 Å². The second-order valence-electron chi connectivity index (χ2n) is 11.3. The maximum Gasteiger partial charge on any atom is 0.192 e. The maximum atomic E-state index is 10.8. The third-order valence-corrected chi connectivity index (χ3v) is 11.4. The predicted molar refractivity (Wildman–Crippen MR) is 132 cm³/mol. The van der Waals surface area contributed by atoms with Crippen LogP contribution in [0.15, 0.2) is 47.1 Å². The molecule has 30 heavy (non-hydrogen) atoms. The van der Waals surface area contributed by atoms with E-state index in [2.05, 4.69) is 60.7 Å². The van der Waals surface area contributed by atoms with Crippen molar-refractivity contribution in [2.45, 2.75) is 104 Å². The second kappa shape index (κ2) is 10.1. The Balaban J connectivity index is 2.77. The third-order valence-electron chi connectivity index (χ3n) is 6.87. The standard InChI is InChI=1S/C26H46O3Si/c1-20-12-11-16-25(6,7)22(20)13-17-26(8,28)18-14-23(27)21(2)15-19-29-30(9,10)24(3,4)5/h13-15,17-18,23,27-28H,11-12,16,19H2,1-10H3/b17-13+,18-14+,21-15+. The minimum Gasteiger partial charge on any atom is -0.413 e. The van der Waals surface area contributed by atoms with E-state index in [9.17, 15) is 10.2 Å². The molecule has 0 aromatic rings. The van der Waals surface area contributed by atoms with Crippen molar-refractivity contribution >= 4 is 8.32 Å². The van der Waals surface area contributed by atoms with E-state index in [1.807, 2.05) is 19.1 Å². The molecule has 0 saturated carbocycles. The number of hydrogen-bond acceptors (Lipinski definition) is 3. The van der Waals surface area contributed by atoms with Crippen LogP contribution < -0.4 is 0 Å². The summed E-state index contributed by atoms with van der Waals surface area (Å²) in [5, 5.41) is 21.4. The van der Waals surface area contributed by atoms with Crippen molar-refractivity contribution in [2.75, 3.05) is 6.61 Å². The topological polar surface area (TPSA) is 49.7 Å². The van der Waals surface area contributed by atoms with Crippen LogP contribution in [0.3, 0.4) is 0 Å². The predicted octanol–water partition coefficient (Wildman–Crippen LogP) is 6.71. The van der Waals surface area contributed by atoms with Crippen LogP contribution in [0.25, 0.3) is 0 Å². The van der Waals surface area contributed by atoms with Crippen LogP contribution >= 0.6 is 0 Å². The fourth-order valence-corrected chi connectivity index (χ4v) is 4.41. The highest BCUT2D eigenvalue weighted by Crippen LogP contribution is 2.41. The Kier molecular flexibility index (Phi) is 9.14. The van der Waals surface area contributed by atoms with Crippen molar-refractivity contribution < 1.29 is 14.6 Å². The van der Waals surface area contributed by atoms with Crippen LogP contribution in [0.5, 0.6) is 0 Å². The first-order chi connectivity index (χ1) is 13.5. The van der Waals surface area contributed by atoms with Crippen molar-refractivity contribution in [1.82, 2.24) is 0 Å². The Morgan fingerprint density at radius 2 is 1.80 bits per heavy atom. The maximum absolute atomic E-state index is 10.8. The minimum atomic E-state index is -1.80. The van der Waals surface area contributed by atoms with Crippen molar-refractivity contribution in [1.29, 1.82) is 0 Å². The zero-order valence-corrected chi connectivity index (χ0v) is 22.1. The first-order valence-electron chi connectivity index (χ1n) is 11.3. The molecule has 0 heterocycles. The highest BCUT2D eigenvalue weighted by molar-refractivity contribution is 6.74. The van der Waals surface area contributed by atoms with Crippen LogP contribution in [-0.4, -0.2) is 36.8 Å². The van der Waals surface area contributed by atoms with Crippen molar-refractivity contribution in [3.8, 4) is 0 Å². The monoisotopic (exact) mass is 434 g/mol. The molecule has 0 bridgehead atoms. The highest BCUT2D eigenvalue weighted by atomic mass is 28.4. The Labute approximate surface area is 186 Å². The summed E-state index contributed by atoms with van der Waals surface area (Å²) < 4.78 is 6.16. The molecule has 2 N–H and O–H groups in total. The van der Waals surface area contributed by atoms with Gasteiger partial charge in [-0.25, -0.2) is 0 Å². The smallest absolute Gasteiger partial charge is 0.192 e. The Morgan fingerprint density at radius 3 is 2.33 bits per heavy atom. The summed E-state index contributed by atoms with van der Waals surface area (Å²) in [6, 6.07) is 0.